The zero-order chi connectivity index (χ0) is 7.56. The van der Waals surface area contributed by atoms with E-state index >= 15 is 0 Å². The highest BCUT2D eigenvalue weighted by Crippen LogP contribution is 2.13. The molecule has 1 aliphatic rings. The predicted molar refractivity (Wildman–Crippen MR) is 32.2 cm³/mol. The van der Waals surface area contributed by atoms with Crippen LogP contribution in [0.25, 0.3) is 0 Å². The van der Waals surface area contributed by atoms with Gasteiger partial charge in [-0.1, -0.05) is 0 Å². The Hall–Kier alpha value is -1.19. The van der Waals surface area contributed by atoms with Gasteiger partial charge in [0, 0.05) is 6.42 Å². The van der Waals surface area contributed by atoms with Crippen molar-refractivity contribution in [1.29, 1.82) is 0 Å². The third-order valence-electron chi connectivity index (χ3n) is 1.22. The van der Waals surface area contributed by atoms with Crippen LogP contribution in [0.1, 0.15) is 6.42 Å². The lowest BCUT2D eigenvalue weighted by Crippen LogP contribution is -2.18. The fourth-order valence-corrected chi connectivity index (χ4v) is 0.738. The zero-order valence-corrected chi connectivity index (χ0v) is 5.59. The molecule has 0 aromatic carbocycles. The molecule has 10 heavy (non-hydrogen) atoms. The highest BCUT2D eigenvalue weighted by atomic mass is 16.6. The van der Waals surface area contributed by atoms with Crippen LogP contribution >= 0.6 is 0 Å². The third-order valence-corrected chi connectivity index (χ3v) is 1.22. The molecule has 0 bridgehead atoms. The van der Waals surface area contributed by atoms with Crippen molar-refractivity contribution in [2.24, 2.45) is 0 Å². The molecule has 0 atom stereocenters. The lowest BCUT2D eigenvalue weighted by Gasteiger charge is -2.13. The van der Waals surface area contributed by atoms with Crippen molar-refractivity contribution in [3.05, 3.63) is 11.5 Å². The minimum absolute atomic E-state index is 0.0289. The van der Waals surface area contributed by atoms with Gasteiger partial charge >= 0.3 is 5.97 Å². The molecule has 0 unspecified atom stereocenters. The van der Waals surface area contributed by atoms with Crippen LogP contribution in [-0.2, 0) is 14.3 Å². The van der Waals surface area contributed by atoms with E-state index in [0.717, 1.165) is 0 Å². The van der Waals surface area contributed by atoms with Crippen molar-refractivity contribution in [1.82, 2.24) is 0 Å². The Morgan fingerprint density at radius 3 is 2.80 bits per heavy atom. The number of rotatable bonds is 1. The van der Waals surface area contributed by atoms with Crippen molar-refractivity contribution in [3.8, 4) is 0 Å². The number of aliphatic hydroxyl groups excluding tert-OH is 1. The lowest BCUT2D eigenvalue weighted by molar-refractivity contribution is -0.144. The fourth-order valence-electron chi connectivity index (χ4n) is 0.738. The van der Waals surface area contributed by atoms with Gasteiger partial charge in [-0.3, -0.25) is 0 Å². The SMILES string of the molecule is COC1=C(O)CCOC1=O. The number of carbonyl (C=O) groups excluding carboxylic acids is 1. The number of carbonyl (C=O) groups is 1. The molecular weight excluding hydrogens is 136 g/mol. The highest BCUT2D eigenvalue weighted by molar-refractivity contribution is 5.87. The van der Waals surface area contributed by atoms with Crippen LogP contribution in [0.15, 0.2) is 11.5 Å². The largest absolute Gasteiger partial charge is 0.508 e. The minimum atomic E-state index is -0.591. The minimum Gasteiger partial charge on any atom is -0.508 e. The molecule has 0 saturated heterocycles. The number of cyclic esters (lactones) is 1. The molecule has 0 amide bonds. The van der Waals surface area contributed by atoms with Crippen LogP contribution in [0.5, 0.6) is 0 Å². The van der Waals surface area contributed by atoms with Gasteiger partial charge in [-0.15, -0.1) is 0 Å². The number of aliphatic hydroxyl groups is 1. The Labute approximate surface area is 58.1 Å². The summed E-state index contributed by atoms with van der Waals surface area (Å²) in [5.41, 5.74) is 0. The van der Waals surface area contributed by atoms with E-state index in [4.69, 9.17) is 5.11 Å². The Balaban J connectivity index is 2.84. The molecule has 1 heterocycles. The highest BCUT2D eigenvalue weighted by Gasteiger charge is 2.22. The molecule has 0 radical (unpaired) electrons. The standard InChI is InChI=1S/C6H8O4/c1-9-5-4(7)2-3-10-6(5)8/h7H,2-3H2,1H3. The molecule has 1 aliphatic heterocycles. The summed E-state index contributed by atoms with van der Waals surface area (Å²) in [6.45, 7) is 0.234. The summed E-state index contributed by atoms with van der Waals surface area (Å²) in [6.07, 6.45) is 0.342. The van der Waals surface area contributed by atoms with Crippen LogP contribution in [0.3, 0.4) is 0 Å². The van der Waals surface area contributed by atoms with E-state index in [9.17, 15) is 4.79 Å². The second kappa shape index (κ2) is 2.60. The molecule has 0 spiro atoms. The van der Waals surface area contributed by atoms with Gasteiger partial charge in [-0.25, -0.2) is 4.79 Å². The molecule has 1 N–H and O–H groups in total. The van der Waals surface area contributed by atoms with E-state index in [2.05, 4.69) is 9.47 Å². The molecule has 0 aromatic rings. The summed E-state index contributed by atoms with van der Waals surface area (Å²) in [4.78, 5) is 10.7. The summed E-state index contributed by atoms with van der Waals surface area (Å²) in [5.74, 6) is -0.698. The van der Waals surface area contributed by atoms with Crippen molar-refractivity contribution in [2.45, 2.75) is 6.42 Å². The van der Waals surface area contributed by atoms with Crippen molar-refractivity contribution in [3.63, 3.8) is 0 Å². The number of ether oxygens (including phenoxy) is 2. The maximum Gasteiger partial charge on any atom is 0.377 e. The van der Waals surface area contributed by atoms with E-state index in [1.54, 1.807) is 0 Å². The first-order valence-electron chi connectivity index (χ1n) is 2.89. The van der Waals surface area contributed by atoms with Crippen LogP contribution in [0.2, 0.25) is 0 Å². The summed E-state index contributed by atoms with van der Waals surface area (Å²) < 4.78 is 9.14. The van der Waals surface area contributed by atoms with E-state index < -0.39 is 5.97 Å². The second-order valence-electron chi connectivity index (χ2n) is 1.87. The van der Waals surface area contributed by atoms with Gasteiger partial charge in [0.15, 0.2) is 0 Å². The van der Waals surface area contributed by atoms with Gasteiger partial charge in [0.1, 0.15) is 5.76 Å². The number of methoxy groups -OCH3 is 1. The summed E-state index contributed by atoms with van der Waals surface area (Å²) in [6, 6.07) is 0. The smallest absolute Gasteiger partial charge is 0.377 e. The van der Waals surface area contributed by atoms with Crippen molar-refractivity contribution in [2.75, 3.05) is 13.7 Å². The van der Waals surface area contributed by atoms with E-state index in [-0.39, 0.29) is 18.1 Å². The van der Waals surface area contributed by atoms with Crippen molar-refractivity contribution >= 4 is 5.97 Å². The van der Waals surface area contributed by atoms with Crippen LogP contribution in [-0.4, -0.2) is 24.8 Å². The van der Waals surface area contributed by atoms with Crippen LogP contribution in [0.4, 0.5) is 0 Å². The topological polar surface area (TPSA) is 55.8 Å². The number of hydrogen-bond donors (Lipinski definition) is 1. The van der Waals surface area contributed by atoms with Gasteiger partial charge in [0.25, 0.3) is 0 Å². The van der Waals surface area contributed by atoms with E-state index in [0.29, 0.717) is 6.42 Å². The maximum absolute atomic E-state index is 10.7. The molecule has 4 heteroatoms. The quantitative estimate of drug-likeness (QED) is 0.539. The van der Waals surface area contributed by atoms with Gasteiger partial charge < -0.3 is 14.6 Å². The molecule has 0 fully saturated rings. The normalized spacial score (nSPS) is 18.7. The Morgan fingerprint density at radius 1 is 1.70 bits per heavy atom. The first-order chi connectivity index (χ1) is 4.75. The zero-order valence-electron chi connectivity index (χ0n) is 5.59. The van der Waals surface area contributed by atoms with E-state index in [1.165, 1.54) is 7.11 Å². The summed E-state index contributed by atoms with van der Waals surface area (Å²) in [7, 11) is 1.32. The predicted octanol–water partition coefficient (Wildman–Crippen LogP) is 0.349. The van der Waals surface area contributed by atoms with Crippen LogP contribution in [0, 0.1) is 0 Å². The Morgan fingerprint density at radius 2 is 2.40 bits per heavy atom. The molecular formula is C6H8O4. The molecule has 56 valence electrons. The number of esters is 1. The molecule has 0 saturated carbocycles. The summed E-state index contributed by atoms with van der Waals surface area (Å²) >= 11 is 0. The fraction of sp³-hybridized carbons (Fsp3) is 0.500. The van der Waals surface area contributed by atoms with Gasteiger partial charge in [0.05, 0.1) is 13.7 Å². The molecule has 0 aliphatic carbocycles. The van der Waals surface area contributed by atoms with Crippen molar-refractivity contribution < 1.29 is 19.4 Å². The van der Waals surface area contributed by atoms with Gasteiger partial charge in [-0.05, 0) is 0 Å². The average Bonchev–Trinajstić information content (AvgIpc) is 1.88. The van der Waals surface area contributed by atoms with Gasteiger partial charge in [-0.2, -0.15) is 0 Å². The van der Waals surface area contributed by atoms with Gasteiger partial charge in [0.2, 0.25) is 5.76 Å². The molecule has 0 aromatic heterocycles. The molecule has 4 nitrogen and oxygen atoms in total. The van der Waals surface area contributed by atoms with E-state index in [1.807, 2.05) is 0 Å². The third kappa shape index (κ3) is 1.05. The number of hydrogen-bond acceptors (Lipinski definition) is 4. The van der Waals surface area contributed by atoms with Crippen LogP contribution < -0.4 is 0 Å². The first kappa shape index (κ1) is 6.92. The average molecular weight is 144 g/mol. The first-order valence-corrected chi connectivity index (χ1v) is 2.89. The lowest BCUT2D eigenvalue weighted by atomic mass is 10.3. The Bertz CT molecular complexity index is 182. The maximum atomic E-state index is 10.7. The second-order valence-corrected chi connectivity index (χ2v) is 1.87. The summed E-state index contributed by atoms with van der Waals surface area (Å²) in [5, 5.41) is 8.99. The molecule has 1 rings (SSSR count). The Kier molecular flexibility index (Phi) is 1.80. The monoisotopic (exact) mass is 144 g/mol.